The number of carbonyl (C=O) groups excluding carboxylic acids is 3. The van der Waals surface area contributed by atoms with Gasteiger partial charge in [-0.05, 0) is 56.2 Å². The second kappa shape index (κ2) is 8.44. The van der Waals surface area contributed by atoms with Crippen LogP contribution in [0.4, 0.5) is 0 Å². The Morgan fingerprint density at radius 2 is 1.74 bits per heavy atom. The lowest BCUT2D eigenvalue weighted by Gasteiger charge is -2.61. The van der Waals surface area contributed by atoms with Crippen molar-refractivity contribution in [2.24, 2.45) is 40.9 Å². The van der Waals surface area contributed by atoms with Crippen molar-refractivity contribution in [2.75, 3.05) is 0 Å². The summed E-state index contributed by atoms with van der Waals surface area (Å²) in [6, 6.07) is 0. The molecular formula is C28H40O9Si. The molecule has 10 heteroatoms. The van der Waals surface area contributed by atoms with Gasteiger partial charge in [0.25, 0.3) is 0 Å². The fourth-order valence-corrected chi connectivity index (χ4v) is 9.85. The van der Waals surface area contributed by atoms with Gasteiger partial charge in [-0.3, -0.25) is 19.2 Å². The minimum atomic E-state index is -2.54. The summed E-state index contributed by atoms with van der Waals surface area (Å²) in [5, 5.41) is 9.98. The van der Waals surface area contributed by atoms with Crippen molar-refractivity contribution in [1.82, 2.24) is 0 Å². The third-order valence-electron chi connectivity index (χ3n) is 11.3. The van der Waals surface area contributed by atoms with Crippen LogP contribution < -0.4 is 0 Å². The molecule has 6 rings (SSSR count). The van der Waals surface area contributed by atoms with Gasteiger partial charge in [0.1, 0.15) is 6.10 Å². The zero-order valence-corrected chi connectivity index (χ0v) is 24.0. The lowest BCUT2D eigenvalue weighted by molar-refractivity contribution is -0.355. The molecule has 38 heavy (non-hydrogen) atoms. The number of hydrogen-bond donors (Lipinski definition) is 1. The van der Waals surface area contributed by atoms with Crippen LogP contribution in [0.1, 0.15) is 72.1 Å². The Hall–Kier alpha value is -1.62. The number of fused-ring (bicyclic) bond motifs is 2. The molecule has 210 valence electrons. The lowest BCUT2D eigenvalue weighted by atomic mass is 9.45. The first-order valence-corrected chi connectivity index (χ1v) is 17.2. The van der Waals surface area contributed by atoms with E-state index in [-0.39, 0.29) is 22.7 Å². The highest BCUT2D eigenvalue weighted by atomic mass is 28.4. The van der Waals surface area contributed by atoms with E-state index < -0.39 is 79.9 Å². The van der Waals surface area contributed by atoms with Gasteiger partial charge in [-0.1, -0.05) is 33.6 Å². The molecule has 0 radical (unpaired) electrons. The van der Waals surface area contributed by atoms with Crippen LogP contribution in [-0.2, 0) is 37.8 Å². The van der Waals surface area contributed by atoms with Crippen molar-refractivity contribution in [3.05, 3.63) is 0 Å². The molecular weight excluding hydrogens is 508 g/mol. The van der Waals surface area contributed by atoms with Gasteiger partial charge in [-0.25, -0.2) is 0 Å². The SMILES string of the molecule is CC(C)(C)[Si](C)(C)O[C@H]1OC23OC(C(=O)C4CCCC4)CC4CCC2C1(CC(=O)O)C1C(=O)OC(=O)C1C43. The number of esters is 2. The number of ketones is 1. The molecule has 3 saturated heterocycles. The number of Topliss-reactive ketones (excluding diaryl/α,β-unsaturated/α-hetero) is 1. The van der Waals surface area contributed by atoms with E-state index in [0.29, 0.717) is 12.8 Å². The molecule has 0 aromatic carbocycles. The first-order valence-electron chi connectivity index (χ1n) is 14.3. The van der Waals surface area contributed by atoms with Crippen LogP contribution in [0, 0.1) is 40.9 Å². The number of carboxylic acids is 1. The summed E-state index contributed by atoms with van der Waals surface area (Å²) < 4.78 is 25.7. The Labute approximate surface area is 224 Å². The summed E-state index contributed by atoms with van der Waals surface area (Å²) in [6.45, 7) is 10.4. The Morgan fingerprint density at radius 3 is 2.37 bits per heavy atom. The van der Waals surface area contributed by atoms with Crippen molar-refractivity contribution >= 4 is 32.0 Å². The average molecular weight is 549 g/mol. The Balaban J connectivity index is 1.49. The van der Waals surface area contributed by atoms with E-state index in [2.05, 4.69) is 33.9 Å². The van der Waals surface area contributed by atoms with E-state index in [1.54, 1.807) is 0 Å². The average Bonchev–Trinajstić information content (AvgIpc) is 3.46. The van der Waals surface area contributed by atoms with Crippen molar-refractivity contribution in [2.45, 2.75) is 108 Å². The number of aliphatic carboxylic acids is 1. The lowest BCUT2D eigenvalue weighted by Crippen LogP contribution is -2.69. The van der Waals surface area contributed by atoms with E-state index in [9.17, 15) is 24.3 Å². The quantitative estimate of drug-likeness (QED) is 0.297. The number of carbonyl (C=O) groups is 4. The second-order valence-corrected chi connectivity index (χ2v) is 18.9. The number of ether oxygens (including phenoxy) is 3. The zero-order chi connectivity index (χ0) is 27.4. The molecule has 9 nitrogen and oxygen atoms in total. The third kappa shape index (κ3) is 3.45. The molecule has 3 aliphatic heterocycles. The van der Waals surface area contributed by atoms with E-state index in [4.69, 9.17) is 18.6 Å². The number of hydrogen-bond acceptors (Lipinski definition) is 8. The summed E-state index contributed by atoms with van der Waals surface area (Å²) in [4.78, 5) is 52.7. The van der Waals surface area contributed by atoms with Gasteiger partial charge in [-0.15, -0.1) is 0 Å². The first-order chi connectivity index (χ1) is 17.7. The van der Waals surface area contributed by atoms with Gasteiger partial charge in [-0.2, -0.15) is 0 Å². The monoisotopic (exact) mass is 548 g/mol. The maximum absolute atomic E-state index is 13.6. The molecule has 3 heterocycles. The largest absolute Gasteiger partial charge is 0.481 e. The molecule has 6 fully saturated rings. The minimum Gasteiger partial charge on any atom is -0.481 e. The van der Waals surface area contributed by atoms with Crippen molar-refractivity contribution in [3.63, 3.8) is 0 Å². The molecule has 9 atom stereocenters. The normalized spacial score (nSPS) is 44.2. The molecule has 6 aliphatic rings. The molecule has 5 bridgehead atoms. The predicted molar refractivity (Wildman–Crippen MR) is 135 cm³/mol. The molecule has 3 saturated carbocycles. The topological polar surface area (TPSA) is 125 Å². The van der Waals surface area contributed by atoms with Crippen molar-refractivity contribution < 1.29 is 42.9 Å². The van der Waals surface area contributed by atoms with Gasteiger partial charge >= 0.3 is 17.9 Å². The highest BCUT2D eigenvalue weighted by Crippen LogP contribution is 2.74. The van der Waals surface area contributed by atoms with E-state index in [1.807, 2.05) is 0 Å². The van der Waals surface area contributed by atoms with Gasteiger partial charge < -0.3 is 23.7 Å². The van der Waals surface area contributed by atoms with Gasteiger partial charge in [0, 0.05) is 17.8 Å². The van der Waals surface area contributed by atoms with Gasteiger partial charge in [0.2, 0.25) is 0 Å². The standard InChI is InChI=1S/C28H40O9Si/c1-26(2,3)38(4,5)37-25-27(13-18(29)30)17-11-10-15-12-16(22(31)14-8-6-7-9-14)35-28(17,36-25)20(15)19-21(27)24(33)34-23(19)32/h14-17,19-21,25H,6-13H2,1-5H3,(H,29,30)/t15?,16?,17?,19?,20?,21?,25-,27?,28?/m1/s1. The van der Waals surface area contributed by atoms with Gasteiger partial charge in [0.05, 0.1) is 23.7 Å². The fraction of sp³-hybridized carbons (Fsp3) is 0.857. The van der Waals surface area contributed by atoms with Crippen molar-refractivity contribution in [1.29, 1.82) is 0 Å². The Morgan fingerprint density at radius 1 is 1.05 bits per heavy atom. The van der Waals surface area contributed by atoms with Crippen LogP contribution >= 0.6 is 0 Å². The summed E-state index contributed by atoms with van der Waals surface area (Å²) in [5.41, 5.74) is -1.32. The Bertz CT molecular complexity index is 1070. The molecule has 3 aliphatic carbocycles. The van der Waals surface area contributed by atoms with Crippen LogP contribution in [0.25, 0.3) is 0 Å². The maximum atomic E-state index is 13.6. The van der Waals surface area contributed by atoms with Crippen LogP contribution in [0.5, 0.6) is 0 Å². The summed E-state index contributed by atoms with van der Waals surface area (Å²) in [5.74, 6) is -6.57. The highest BCUT2D eigenvalue weighted by Gasteiger charge is 2.84. The molecule has 8 unspecified atom stereocenters. The smallest absolute Gasteiger partial charge is 0.318 e. The summed E-state index contributed by atoms with van der Waals surface area (Å²) >= 11 is 0. The number of carboxylic acid groups (broad SMARTS) is 1. The zero-order valence-electron chi connectivity index (χ0n) is 23.0. The van der Waals surface area contributed by atoms with Crippen LogP contribution in [0.3, 0.4) is 0 Å². The van der Waals surface area contributed by atoms with Crippen LogP contribution in [-0.4, -0.2) is 55.3 Å². The number of cyclic esters (lactones) is 2. The summed E-state index contributed by atoms with van der Waals surface area (Å²) in [6.07, 6.45) is 3.44. The molecule has 0 aromatic heterocycles. The van der Waals surface area contributed by atoms with Crippen LogP contribution in [0.2, 0.25) is 18.1 Å². The summed E-state index contributed by atoms with van der Waals surface area (Å²) in [7, 11) is -2.54. The minimum absolute atomic E-state index is 0.0368. The number of rotatable bonds is 6. The van der Waals surface area contributed by atoms with Crippen molar-refractivity contribution in [3.8, 4) is 0 Å². The Kier molecular flexibility index (Phi) is 5.91. The highest BCUT2D eigenvalue weighted by molar-refractivity contribution is 6.74. The third-order valence-corrected chi connectivity index (χ3v) is 15.7. The van der Waals surface area contributed by atoms with Crippen LogP contribution in [0.15, 0.2) is 0 Å². The molecule has 1 N–H and O–H groups in total. The molecule has 0 amide bonds. The molecule has 0 aromatic rings. The van der Waals surface area contributed by atoms with E-state index in [1.165, 1.54) is 0 Å². The van der Waals surface area contributed by atoms with E-state index in [0.717, 1.165) is 32.1 Å². The second-order valence-electron chi connectivity index (χ2n) is 14.1. The predicted octanol–water partition coefficient (Wildman–Crippen LogP) is 4.04. The molecule has 1 spiro atoms. The maximum Gasteiger partial charge on any atom is 0.318 e. The van der Waals surface area contributed by atoms with E-state index >= 15 is 0 Å². The van der Waals surface area contributed by atoms with Gasteiger partial charge in [0.15, 0.2) is 26.2 Å². The first kappa shape index (κ1) is 26.6. The fourth-order valence-electron chi connectivity index (χ4n) is 8.70.